The summed E-state index contributed by atoms with van der Waals surface area (Å²) in [7, 11) is 0. The summed E-state index contributed by atoms with van der Waals surface area (Å²) in [6, 6.07) is 0. The molecule has 0 aromatic heterocycles. The Bertz CT molecular complexity index is 1050. The predicted octanol–water partition coefficient (Wildman–Crippen LogP) is 4.23. The minimum atomic E-state index is -1.45. The van der Waals surface area contributed by atoms with Crippen LogP contribution in [-0.4, -0.2) is 112 Å². The minimum Gasteiger partial charge on any atom is -0.457 e. The molecule has 1 amide bonds. The van der Waals surface area contributed by atoms with Crippen molar-refractivity contribution in [2.75, 3.05) is 32.7 Å². The fourth-order valence-corrected chi connectivity index (χ4v) is 6.22. The van der Waals surface area contributed by atoms with Crippen molar-refractivity contribution in [1.29, 1.82) is 0 Å². The average Bonchev–Trinajstić information content (AvgIpc) is 3.77. The lowest BCUT2D eigenvalue weighted by atomic mass is 9.88. The summed E-state index contributed by atoms with van der Waals surface area (Å²) in [5, 5.41) is 32.1. The van der Waals surface area contributed by atoms with Gasteiger partial charge in [0.2, 0.25) is 0 Å². The molecule has 3 aliphatic heterocycles. The molecule has 3 N–H and O–H groups in total. The zero-order valence-electron chi connectivity index (χ0n) is 28.4. The maximum atomic E-state index is 13.1. The van der Waals surface area contributed by atoms with Gasteiger partial charge in [-0.05, 0) is 63.6 Å². The molecule has 10 heteroatoms. The van der Waals surface area contributed by atoms with Gasteiger partial charge in [-0.1, -0.05) is 58.9 Å². The van der Waals surface area contributed by atoms with E-state index in [9.17, 15) is 24.9 Å². The Morgan fingerprint density at radius 3 is 2.53 bits per heavy atom. The van der Waals surface area contributed by atoms with Gasteiger partial charge in [0.25, 0.3) is 0 Å². The van der Waals surface area contributed by atoms with Crippen LogP contribution >= 0.6 is 0 Å². The number of aliphatic hydroxyl groups is 3. The highest BCUT2D eigenvalue weighted by molar-refractivity contribution is 5.70. The second-order valence-corrected chi connectivity index (χ2v) is 13.6. The van der Waals surface area contributed by atoms with Crippen LogP contribution in [0.25, 0.3) is 0 Å². The van der Waals surface area contributed by atoms with Crippen LogP contribution in [-0.2, 0) is 19.0 Å². The van der Waals surface area contributed by atoms with Gasteiger partial charge < -0.3 is 39.3 Å². The monoisotopic (exact) mass is 634 g/mol. The van der Waals surface area contributed by atoms with Crippen LogP contribution < -0.4 is 0 Å². The largest absolute Gasteiger partial charge is 0.457 e. The fraction of sp³-hybridized carbons (Fsp3) is 0.771. The molecule has 0 saturated carbocycles. The molecule has 10 unspecified atom stereocenters. The molecule has 10 atom stereocenters. The first-order valence-corrected chi connectivity index (χ1v) is 16.9. The number of piperazine rings is 1. The number of likely N-dealkylation sites (N-methyl/N-ethyl adjacent to an activating group) is 1. The summed E-state index contributed by atoms with van der Waals surface area (Å²) in [4.78, 5) is 29.8. The molecule has 0 aliphatic carbocycles. The minimum absolute atomic E-state index is 0.0989. The highest BCUT2D eigenvalue weighted by Gasteiger charge is 2.45. The summed E-state index contributed by atoms with van der Waals surface area (Å²) in [6.45, 7) is 17.2. The molecule has 3 aliphatic rings. The van der Waals surface area contributed by atoms with Crippen molar-refractivity contribution in [3.05, 3.63) is 36.0 Å². The number of rotatable bonds is 10. The number of carbonyl (C=O) groups excluding carboxylic acids is 2. The van der Waals surface area contributed by atoms with Gasteiger partial charge in [-0.15, -0.1) is 0 Å². The second kappa shape index (κ2) is 17.1. The lowest BCUT2D eigenvalue weighted by Crippen LogP contribution is -2.51. The summed E-state index contributed by atoms with van der Waals surface area (Å²) >= 11 is 0. The first-order valence-electron chi connectivity index (χ1n) is 16.9. The zero-order valence-corrected chi connectivity index (χ0v) is 28.4. The standard InChI is InChI=1S/C35H58N2O8/c1-8-28(39)26(6)33-29(43-33)21-23(3)11-10-12-24(4)32-25(5)13-14-30(35(7,42)16-15-27(38)22-31(40)45-32)44-34(41)37-19-17-36(9-2)18-20-37/h10-14,23,25-30,32-33,38-39,42H,8-9,15-22H2,1-7H3/b11-10+,14-13-,24-12+. The molecule has 2 saturated heterocycles. The number of nitrogens with zero attached hydrogens (tertiary/aromatic N) is 2. The van der Waals surface area contributed by atoms with Crippen LogP contribution in [0, 0.1) is 17.8 Å². The third-order valence-electron chi connectivity index (χ3n) is 9.65. The molecule has 256 valence electrons. The Morgan fingerprint density at radius 2 is 1.89 bits per heavy atom. The Balaban J connectivity index is 1.70. The van der Waals surface area contributed by atoms with Crippen LogP contribution in [0.1, 0.15) is 80.6 Å². The third kappa shape index (κ3) is 11.2. The van der Waals surface area contributed by atoms with E-state index in [1.165, 1.54) is 0 Å². The lowest BCUT2D eigenvalue weighted by molar-refractivity contribution is -0.151. The Kier molecular flexibility index (Phi) is 14.1. The van der Waals surface area contributed by atoms with Gasteiger partial charge in [0, 0.05) is 38.0 Å². The SMILES string of the molecule is CCC(O)C(C)C1OC1CC(C)/C=C/C=C(\C)C1OC(=O)CC(O)CCC(C)(O)C(OC(=O)N2CCN(CC)CC2)/C=C\C1C. The molecule has 45 heavy (non-hydrogen) atoms. The molecule has 3 heterocycles. The fourth-order valence-electron chi connectivity index (χ4n) is 6.22. The van der Waals surface area contributed by atoms with Crippen LogP contribution in [0.2, 0.25) is 0 Å². The Morgan fingerprint density at radius 1 is 1.20 bits per heavy atom. The van der Waals surface area contributed by atoms with Gasteiger partial charge in [-0.25, -0.2) is 4.79 Å². The van der Waals surface area contributed by atoms with E-state index in [4.69, 9.17) is 14.2 Å². The van der Waals surface area contributed by atoms with Crippen molar-refractivity contribution in [1.82, 2.24) is 9.80 Å². The number of aliphatic hydroxyl groups excluding tert-OH is 2. The van der Waals surface area contributed by atoms with Crippen LogP contribution in [0.5, 0.6) is 0 Å². The van der Waals surface area contributed by atoms with Crippen LogP contribution in [0.4, 0.5) is 4.79 Å². The molecule has 2 fully saturated rings. The Hall–Kier alpha value is -2.24. The van der Waals surface area contributed by atoms with Gasteiger partial charge >= 0.3 is 12.1 Å². The van der Waals surface area contributed by atoms with E-state index in [2.05, 4.69) is 24.8 Å². The van der Waals surface area contributed by atoms with E-state index >= 15 is 0 Å². The van der Waals surface area contributed by atoms with Crippen LogP contribution in [0.3, 0.4) is 0 Å². The topological polar surface area (TPSA) is 132 Å². The molecular weight excluding hydrogens is 576 g/mol. The zero-order chi connectivity index (χ0) is 33.3. The van der Waals surface area contributed by atoms with Crippen LogP contribution in [0.15, 0.2) is 36.0 Å². The number of cyclic esters (lactones) is 1. The van der Waals surface area contributed by atoms with E-state index in [0.717, 1.165) is 31.6 Å². The van der Waals surface area contributed by atoms with Crippen molar-refractivity contribution in [2.24, 2.45) is 17.8 Å². The molecule has 0 aromatic carbocycles. The van der Waals surface area contributed by atoms with E-state index in [1.807, 2.05) is 45.9 Å². The number of esters is 1. The first-order chi connectivity index (χ1) is 21.2. The summed E-state index contributed by atoms with van der Waals surface area (Å²) < 4.78 is 17.6. The average molecular weight is 635 g/mol. The van der Waals surface area contributed by atoms with E-state index < -0.39 is 36.0 Å². The van der Waals surface area contributed by atoms with E-state index in [0.29, 0.717) is 19.5 Å². The normalized spacial score (nSPS) is 35.1. The quantitative estimate of drug-likeness (QED) is 0.140. The number of hydrogen-bond donors (Lipinski definition) is 3. The van der Waals surface area contributed by atoms with Gasteiger partial charge in [-0.3, -0.25) is 4.79 Å². The van der Waals surface area contributed by atoms with Gasteiger partial charge in [0.05, 0.1) is 30.8 Å². The second-order valence-electron chi connectivity index (χ2n) is 13.6. The lowest BCUT2D eigenvalue weighted by Gasteiger charge is -2.37. The Labute approximate surface area is 270 Å². The highest BCUT2D eigenvalue weighted by Crippen LogP contribution is 2.36. The van der Waals surface area contributed by atoms with Gasteiger partial charge in [0.15, 0.2) is 6.10 Å². The van der Waals surface area contributed by atoms with Crippen molar-refractivity contribution >= 4 is 12.1 Å². The molecule has 0 spiro atoms. The summed E-state index contributed by atoms with van der Waals surface area (Å²) in [6.07, 6.45) is 8.04. The summed E-state index contributed by atoms with van der Waals surface area (Å²) in [5.74, 6) is -0.438. The maximum absolute atomic E-state index is 13.1. The first kappa shape index (κ1) is 37.2. The third-order valence-corrected chi connectivity index (χ3v) is 9.65. The number of carbonyl (C=O) groups is 2. The predicted molar refractivity (Wildman–Crippen MR) is 173 cm³/mol. The smallest absolute Gasteiger partial charge is 0.410 e. The summed E-state index contributed by atoms with van der Waals surface area (Å²) in [5.41, 5.74) is -0.623. The van der Waals surface area contributed by atoms with Gasteiger partial charge in [0.1, 0.15) is 11.7 Å². The number of epoxide rings is 1. The molecular formula is C35H58N2O8. The maximum Gasteiger partial charge on any atom is 0.410 e. The molecule has 10 nitrogen and oxygen atoms in total. The highest BCUT2D eigenvalue weighted by atomic mass is 16.6. The van der Waals surface area contributed by atoms with Crippen molar-refractivity contribution in [3.63, 3.8) is 0 Å². The van der Waals surface area contributed by atoms with E-state index in [-0.39, 0.29) is 55.3 Å². The van der Waals surface area contributed by atoms with E-state index in [1.54, 1.807) is 17.9 Å². The van der Waals surface area contributed by atoms with Crippen molar-refractivity contribution < 1.29 is 39.1 Å². The van der Waals surface area contributed by atoms with Gasteiger partial charge in [-0.2, -0.15) is 0 Å². The number of hydrogen-bond acceptors (Lipinski definition) is 9. The number of allylic oxidation sites excluding steroid dienone is 3. The molecule has 0 radical (unpaired) electrons. The number of ether oxygens (including phenoxy) is 3. The van der Waals surface area contributed by atoms with Crippen molar-refractivity contribution in [2.45, 2.75) is 123 Å². The molecule has 0 aromatic rings. The number of amides is 1. The van der Waals surface area contributed by atoms with Crippen molar-refractivity contribution in [3.8, 4) is 0 Å². The molecule has 0 bridgehead atoms. The molecule has 3 rings (SSSR count).